The lowest BCUT2D eigenvalue weighted by atomic mass is 10.1. The standard InChI is InChI=1S/C15H14Cl2N2OS/c1-20-13-6-9(2-4-11(13)15(18)19)8-21-14-7-10(16)3-5-12(14)17/h2-7H,8H2,1H3,(H3,18,19). The maximum absolute atomic E-state index is 7.50. The summed E-state index contributed by atoms with van der Waals surface area (Å²) in [5.41, 5.74) is 7.15. The van der Waals surface area contributed by atoms with Gasteiger partial charge in [0.1, 0.15) is 11.6 Å². The Bertz CT molecular complexity index is 677. The molecule has 2 aromatic rings. The van der Waals surface area contributed by atoms with Crippen molar-refractivity contribution in [1.82, 2.24) is 0 Å². The van der Waals surface area contributed by atoms with E-state index in [1.807, 2.05) is 18.2 Å². The fraction of sp³-hybridized carbons (Fsp3) is 0.133. The molecular weight excluding hydrogens is 327 g/mol. The molecule has 0 amide bonds. The molecule has 0 aromatic heterocycles. The first-order valence-electron chi connectivity index (χ1n) is 6.10. The molecule has 0 bridgehead atoms. The molecule has 0 fully saturated rings. The Hall–Kier alpha value is -1.36. The van der Waals surface area contributed by atoms with Gasteiger partial charge < -0.3 is 10.5 Å². The van der Waals surface area contributed by atoms with Gasteiger partial charge in [-0.15, -0.1) is 11.8 Å². The van der Waals surface area contributed by atoms with Crippen LogP contribution < -0.4 is 10.5 Å². The minimum Gasteiger partial charge on any atom is -0.496 e. The summed E-state index contributed by atoms with van der Waals surface area (Å²) >= 11 is 13.7. The summed E-state index contributed by atoms with van der Waals surface area (Å²) in [6, 6.07) is 11.0. The van der Waals surface area contributed by atoms with Crippen molar-refractivity contribution in [2.24, 2.45) is 5.73 Å². The van der Waals surface area contributed by atoms with Gasteiger partial charge in [-0.25, -0.2) is 0 Å². The Labute approximate surface area is 137 Å². The van der Waals surface area contributed by atoms with Crippen molar-refractivity contribution in [1.29, 1.82) is 5.41 Å². The number of amidine groups is 1. The lowest BCUT2D eigenvalue weighted by Gasteiger charge is -2.10. The van der Waals surface area contributed by atoms with Crippen LogP contribution in [0.2, 0.25) is 10.0 Å². The van der Waals surface area contributed by atoms with Crippen LogP contribution >= 0.6 is 35.0 Å². The van der Waals surface area contributed by atoms with Crippen LogP contribution in [0.25, 0.3) is 0 Å². The second-order valence-corrected chi connectivity index (χ2v) is 6.17. The van der Waals surface area contributed by atoms with E-state index in [0.717, 1.165) is 10.5 Å². The summed E-state index contributed by atoms with van der Waals surface area (Å²) in [6.07, 6.45) is 0. The fourth-order valence-electron chi connectivity index (χ4n) is 1.80. The molecule has 0 heterocycles. The smallest absolute Gasteiger partial charge is 0.130 e. The van der Waals surface area contributed by atoms with Crippen LogP contribution in [0.15, 0.2) is 41.3 Å². The monoisotopic (exact) mass is 340 g/mol. The van der Waals surface area contributed by atoms with Crippen LogP contribution in [0.1, 0.15) is 11.1 Å². The van der Waals surface area contributed by atoms with Crippen LogP contribution in [0, 0.1) is 5.41 Å². The van der Waals surface area contributed by atoms with E-state index in [1.54, 1.807) is 37.1 Å². The highest BCUT2D eigenvalue weighted by Crippen LogP contribution is 2.33. The summed E-state index contributed by atoms with van der Waals surface area (Å²) in [7, 11) is 1.56. The number of thioether (sulfide) groups is 1. The number of nitrogen functional groups attached to an aromatic ring is 1. The van der Waals surface area contributed by atoms with E-state index >= 15 is 0 Å². The molecular formula is C15H14Cl2N2OS. The molecule has 0 saturated carbocycles. The van der Waals surface area contributed by atoms with Crippen LogP contribution in [0.5, 0.6) is 5.75 Å². The average molecular weight is 341 g/mol. The van der Waals surface area contributed by atoms with E-state index in [4.69, 9.17) is 39.1 Å². The topological polar surface area (TPSA) is 59.1 Å². The van der Waals surface area contributed by atoms with Gasteiger partial charge in [0.2, 0.25) is 0 Å². The summed E-state index contributed by atoms with van der Waals surface area (Å²) < 4.78 is 5.26. The van der Waals surface area contributed by atoms with E-state index in [9.17, 15) is 0 Å². The molecule has 2 aromatic carbocycles. The predicted molar refractivity (Wildman–Crippen MR) is 90.0 cm³/mol. The highest BCUT2D eigenvalue weighted by atomic mass is 35.5. The first-order valence-corrected chi connectivity index (χ1v) is 7.84. The van der Waals surface area contributed by atoms with Crippen LogP contribution in [0.4, 0.5) is 0 Å². The van der Waals surface area contributed by atoms with E-state index in [2.05, 4.69) is 0 Å². The number of rotatable bonds is 5. The zero-order valence-electron chi connectivity index (χ0n) is 11.3. The number of nitrogens with two attached hydrogens (primary N) is 1. The molecule has 0 aliphatic heterocycles. The molecule has 0 unspecified atom stereocenters. The molecule has 0 spiro atoms. The molecule has 3 N–H and O–H groups in total. The van der Waals surface area contributed by atoms with Crippen LogP contribution in [-0.2, 0) is 5.75 Å². The van der Waals surface area contributed by atoms with Crippen molar-refractivity contribution in [2.75, 3.05) is 7.11 Å². The van der Waals surface area contributed by atoms with Crippen molar-refractivity contribution in [3.05, 3.63) is 57.6 Å². The molecule has 0 aliphatic carbocycles. The van der Waals surface area contributed by atoms with E-state index < -0.39 is 0 Å². The maximum atomic E-state index is 7.50. The lowest BCUT2D eigenvalue weighted by Crippen LogP contribution is -2.12. The van der Waals surface area contributed by atoms with Crippen molar-refractivity contribution in [2.45, 2.75) is 10.6 Å². The SMILES string of the molecule is COc1cc(CSc2cc(Cl)ccc2Cl)ccc1C(=N)N. The highest BCUT2D eigenvalue weighted by Gasteiger charge is 2.08. The van der Waals surface area contributed by atoms with Gasteiger partial charge in [-0.2, -0.15) is 0 Å². The Morgan fingerprint density at radius 3 is 2.67 bits per heavy atom. The third kappa shape index (κ3) is 4.06. The second-order valence-electron chi connectivity index (χ2n) is 4.31. The number of halogens is 2. The van der Waals surface area contributed by atoms with Gasteiger partial charge in [0.15, 0.2) is 0 Å². The molecule has 0 radical (unpaired) electrons. The minimum absolute atomic E-state index is 0.0102. The first kappa shape index (κ1) is 16.0. The number of methoxy groups -OCH3 is 1. The predicted octanol–water partition coefficient (Wildman–Crippen LogP) is 4.58. The van der Waals surface area contributed by atoms with Crippen molar-refractivity contribution in [3.8, 4) is 5.75 Å². The van der Waals surface area contributed by atoms with Gasteiger partial charge in [-0.3, -0.25) is 5.41 Å². The average Bonchev–Trinajstić information content (AvgIpc) is 2.47. The van der Waals surface area contributed by atoms with Gasteiger partial charge in [0.05, 0.1) is 17.7 Å². The largest absolute Gasteiger partial charge is 0.496 e. The van der Waals surface area contributed by atoms with Gasteiger partial charge in [0, 0.05) is 15.7 Å². The molecule has 0 atom stereocenters. The minimum atomic E-state index is -0.0102. The maximum Gasteiger partial charge on any atom is 0.130 e. The van der Waals surface area contributed by atoms with Crippen LogP contribution in [0.3, 0.4) is 0 Å². The molecule has 21 heavy (non-hydrogen) atoms. The first-order chi connectivity index (χ1) is 10.0. The molecule has 2 rings (SSSR count). The molecule has 3 nitrogen and oxygen atoms in total. The lowest BCUT2D eigenvalue weighted by molar-refractivity contribution is 0.413. The Morgan fingerprint density at radius 2 is 2.00 bits per heavy atom. The van der Waals surface area contributed by atoms with Crippen molar-refractivity contribution in [3.63, 3.8) is 0 Å². The van der Waals surface area contributed by atoms with Gasteiger partial charge in [-0.1, -0.05) is 29.3 Å². The number of ether oxygens (including phenoxy) is 1. The van der Waals surface area contributed by atoms with E-state index in [0.29, 0.717) is 27.1 Å². The van der Waals surface area contributed by atoms with Gasteiger partial charge >= 0.3 is 0 Å². The Morgan fingerprint density at radius 1 is 1.24 bits per heavy atom. The summed E-state index contributed by atoms with van der Waals surface area (Å²) in [5.74, 6) is 1.30. The zero-order chi connectivity index (χ0) is 15.4. The van der Waals surface area contributed by atoms with Gasteiger partial charge in [0.25, 0.3) is 0 Å². The van der Waals surface area contributed by atoms with E-state index in [-0.39, 0.29) is 5.84 Å². The molecule has 0 aliphatic rings. The number of hydrogen-bond acceptors (Lipinski definition) is 3. The highest BCUT2D eigenvalue weighted by molar-refractivity contribution is 7.98. The van der Waals surface area contributed by atoms with Gasteiger partial charge in [-0.05, 0) is 35.9 Å². The Kier molecular flexibility index (Phi) is 5.39. The summed E-state index contributed by atoms with van der Waals surface area (Å²) in [6.45, 7) is 0. The number of hydrogen-bond donors (Lipinski definition) is 2. The van der Waals surface area contributed by atoms with Crippen molar-refractivity contribution < 1.29 is 4.74 Å². The van der Waals surface area contributed by atoms with Crippen LogP contribution in [-0.4, -0.2) is 12.9 Å². The quantitative estimate of drug-likeness (QED) is 0.475. The summed E-state index contributed by atoms with van der Waals surface area (Å²) in [5, 5.41) is 8.83. The second kappa shape index (κ2) is 7.07. The number of nitrogens with one attached hydrogen (secondary N) is 1. The van der Waals surface area contributed by atoms with Crippen molar-refractivity contribution >= 4 is 40.8 Å². The molecule has 6 heteroatoms. The van der Waals surface area contributed by atoms with E-state index in [1.165, 1.54) is 0 Å². The molecule has 110 valence electrons. The zero-order valence-corrected chi connectivity index (χ0v) is 13.6. The fourth-order valence-corrected chi connectivity index (χ4v) is 3.23. The third-order valence-electron chi connectivity index (χ3n) is 2.84. The Balaban J connectivity index is 2.17. The molecule has 0 saturated heterocycles. The summed E-state index contributed by atoms with van der Waals surface area (Å²) in [4.78, 5) is 0.929. The normalized spacial score (nSPS) is 10.4. The third-order valence-corrected chi connectivity index (χ3v) is 4.65. The number of benzene rings is 2.